The Balaban J connectivity index is 1.28. The van der Waals surface area contributed by atoms with Crippen LogP contribution in [0.5, 0.6) is 11.5 Å². The number of aryl methyl sites for hydroxylation is 2. The molecule has 2 aromatic heterocycles. The van der Waals surface area contributed by atoms with Crippen molar-refractivity contribution in [3.8, 4) is 22.8 Å². The van der Waals surface area contributed by atoms with Gasteiger partial charge in [0.25, 0.3) is 5.91 Å². The smallest absolute Gasteiger partial charge is 0.273 e. The molecular weight excluding hydrogens is 498 g/mol. The molecule has 1 aliphatic heterocycles. The normalized spacial score (nSPS) is 13.2. The molecule has 11 nitrogen and oxygen atoms in total. The van der Waals surface area contributed by atoms with E-state index in [4.69, 9.17) is 14.2 Å². The monoisotopic (exact) mass is 529 g/mol. The number of ether oxygens (including phenoxy) is 3. The Morgan fingerprint density at radius 3 is 2.41 bits per heavy atom. The fraction of sp³-hybridized carbons (Fsp3) is 0.286. The number of amides is 1. The van der Waals surface area contributed by atoms with E-state index in [0.29, 0.717) is 53.4 Å². The largest absolute Gasteiger partial charge is 0.497 e. The lowest BCUT2D eigenvalue weighted by Crippen LogP contribution is -2.36. The van der Waals surface area contributed by atoms with Crippen LogP contribution in [-0.4, -0.2) is 66.2 Å². The maximum Gasteiger partial charge on any atom is 0.273 e. The molecule has 1 fully saturated rings. The number of hydrogen-bond donors (Lipinski definition) is 2. The number of nitrogens with zero attached hydrogens (tertiary/aromatic N) is 5. The third kappa shape index (κ3) is 5.93. The van der Waals surface area contributed by atoms with E-state index in [1.54, 1.807) is 32.0 Å². The Bertz CT molecular complexity index is 1460. The number of aromatic nitrogens is 4. The highest BCUT2D eigenvalue weighted by molar-refractivity contribution is 6.03. The molecule has 202 valence electrons. The summed E-state index contributed by atoms with van der Waals surface area (Å²) in [6, 6.07) is 16.6. The van der Waals surface area contributed by atoms with E-state index in [-0.39, 0.29) is 5.91 Å². The average Bonchev–Trinajstić information content (AvgIpc) is 3.35. The first kappa shape index (κ1) is 26.0. The molecule has 0 spiro atoms. The van der Waals surface area contributed by atoms with E-state index < -0.39 is 0 Å². The molecule has 2 N–H and O–H groups in total. The first-order valence-electron chi connectivity index (χ1n) is 12.6. The maximum atomic E-state index is 13.1. The van der Waals surface area contributed by atoms with Gasteiger partial charge in [0.05, 0.1) is 33.1 Å². The lowest BCUT2D eigenvalue weighted by atomic mass is 10.1. The fourth-order valence-electron chi connectivity index (χ4n) is 4.38. The quantitative estimate of drug-likeness (QED) is 0.349. The summed E-state index contributed by atoms with van der Waals surface area (Å²) in [4.78, 5) is 24.4. The summed E-state index contributed by atoms with van der Waals surface area (Å²) in [7, 11) is 4.92. The lowest BCUT2D eigenvalue weighted by molar-refractivity contribution is 0.101. The molecule has 0 aliphatic carbocycles. The Morgan fingerprint density at radius 2 is 1.69 bits per heavy atom. The number of morpholine rings is 1. The van der Waals surface area contributed by atoms with Crippen LogP contribution in [-0.2, 0) is 11.8 Å². The van der Waals surface area contributed by atoms with Gasteiger partial charge in [-0.05, 0) is 55.5 Å². The number of hydrogen-bond acceptors (Lipinski definition) is 9. The van der Waals surface area contributed by atoms with E-state index in [2.05, 4.69) is 30.6 Å². The minimum absolute atomic E-state index is 0.277. The molecule has 0 bridgehead atoms. The zero-order valence-electron chi connectivity index (χ0n) is 22.4. The molecule has 39 heavy (non-hydrogen) atoms. The van der Waals surface area contributed by atoms with Crippen LogP contribution in [0.2, 0.25) is 0 Å². The minimum Gasteiger partial charge on any atom is -0.497 e. The van der Waals surface area contributed by atoms with Crippen molar-refractivity contribution >= 4 is 28.9 Å². The highest BCUT2D eigenvalue weighted by Crippen LogP contribution is 2.33. The number of benzene rings is 2. The predicted octanol–water partition coefficient (Wildman–Crippen LogP) is 4.04. The Morgan fingerprint density at radius 1 is 0.949 bits per heavy atom. The second-order valence-corrected chi connectivity index (χ2v) is 9.02. The van der Waals surface area contributed by atoms with Crippen LogP contribution in [0.25, 0.3) is 11.3 Å². The third-order valence-corrected chi connectivity index (χ3v) is 6.37. The molecule has 0 saturated carbocycles. The van der Waals surface area contributed by atoms with Gasteiger partial charge in [0.1, 0.15) is 34.7 Å². The average molecular weight is 530 g/mol. The molecule has 2 aromatic carbocycles. The molecule has 1 saturated heterocycles. The van der Waals surface area contributed by atoms with Gasteiger partial charge in [-0.25, -0.2) is 9.97 Å². The summed E-state index contributed by atoms with van der Waals surface area (Å²) < 4.78 is 17.8. The van der Waals surface area contributed by atoms with E-state index in [1.165, 1.54) is 0 Å². The van der Waals surface area contributed by atoms with Crippen molar-refractivity contribution in [3.05, 3.63) is 66.1 Å². The van der Waals surface area contributed by atoms with Crippen molar-refractivity contribution in [1.29, 1.82) is 0 Å². The van der Waals surface area contributed by atoms with Crippen molar-refractivity contribution in [1.82, 2.24) is 19.7 Å². The topological polar surface area (TPSA) is 116 Å². The van der Waals surface area contributed by atoms with Gasteiger partial charge in [0.2, 0.25) is 0 Å². The second kappa shape index (κ2) is 11.4. The van der Waals surface area contributed by atoms with Gasteiger partial charge >= 0.3 is 0 Å². The van der Waals surface area contributed by atoms with Crippen molar-refractivity contribution in [2.24, 2.45) is 7.05 Å². The molecule has 5 rings (SSSR count). The SMILES string of the molecule is COc1ccc(OC)c(-c2cc(C(=O)Nc3ccc(Nc4cc(N5CCOCC5)nc(C)n4)cc3)n(C)n2)c1. The predicted molar refractivity (Wildman–Crippen MR) is 149 cm³/mol. The Labute approximate surface area is 226 Å². The molecule has 11 heteroatoms. The molecule has 4 aromatic rings. The fourth-order valence-corrected chi connectivity index (χ4v) is 4.38. The number of methoxy groups -OCH3 is 2. The summed E-state index contributed by atoms with van der Waals surface area (Å²) >= 11 is 0. The summed E-state index contributed by atoms with van der Waals surface area (Å²) in [5.74, 6) is 3.30. The summed E-state index contributed by atoms with van der Waals surface area (Å²) in [5, 5.41) is 10.8. The van der Waals surface area contributed by atoms with Gasteiger partial charge < -0.3 is 29.7 Å². The van der Waals surface area contributed by atoms with E-state index in [0.717, 1.165) is 30.2 Å². The Kier molecular flexibility index (Phi) is 7.60. The van der Waals surface area contributed by atoms with Gasteiger partial charge in [0, 0.05) is 43.1 Å². The highest BCUT2D eigenvalue weighted by Gasteiger charge is 2.18. The van der Waals surface area contributed by atoms with Gasteiger partial charge in [0.15, 0.2) is 0 Å². The molecule has 3 heterocycles. The van der Waals surface area contributed by atoms with Crippen LogP contribution in [0, 0.1) is 6.92 Å². The summed E-state index contributed by atoms with van der Waals surface area (Å²) in [6.45, 7) is 4.86. The number of anilines is 4. The number of nitrogens with one attached hydrogen (secondary N) is 2. The summed E-state index contributed by atoms with van der Waals surface area (Å²) in [6.07, 6.45) is 0. The van der Waals surface area contributed by atoms with Gasteiger partial charge in [-0.2, -0.15) is 5.10 Å². The first-order valence-corrected chi connectivity index (χ1v) is 12.6. The van der Waals surface area contributed by atoms with E-state index >= 15 is 0 Å². The van der Waals surface area contributed by atoms with Crippen LogP contribution in [0.15, 0.2) is 54.6 Å². The third-order valence-electron chi connectivity index (χ3n) is 6.37. The van der Waals surface area contributed by atoms with Crippen LogP contribution in [0.1, 0.15) is 16.3 Å². The zero-order valence-corrected chi connectivity index (χ0v) is 22.4. The molecule has 1 amide bonds. The van der Waals surface area contributed by atoms with Gasteiger partial charge in [-0.15, -0.1) is 0 Å². The van der Waals surface area contributed by atoms with Crippen LogP contribution >= 0.6 is 0 Å². The van der Waals surface area contributed by atoms with Crippen molar-refractivity contribution < 1.29 is 19.0 Å². The van der Waals surface area contributed by atoms with Crippen molar-refractivity contribution in [2.45, 2.75) is 6.92 Å². The first-order chi connectivity index (χ1) is 18.9. The van der Waals surface area contributed by atoms with Crippen LogP contribution in [0.4, 0.5) is 23.0 Å². The number of carbonyl (C=O) groups is 1. The molecule has 1 aliphatic rings. The van der Waals surface area contributed by atoms with Gasteiger partial charge in [-0.1, -0.05) is 0 Å². The lowest BCUT2D eigenvalue weighted by Gasteiger charge is -2.28. The molecule has 0 radical (unpaired) electrons. The highest BCUT2D eigenvalue weighted by atomic mass is 16.5. The molecular formula is C28H31N7O4. The second-order valence-electron chi connectivity index (χ2n) is 9.02. The zero-order chi connectivity index (χ0) is 27.4. The standard InChI is InChI=1S/C28H31N7O4/c1-18-29-26(17-27(30-18)35-11-13-39-14-12-35)31-19-5-7-20(8-6-19)32-28(36)24-16-23(33-34(24)2)22-15-21(37-3)9-10-25(22)38-4/h5-10,15-17H,11-14H2,1-4H3,(H,32,36)(H,29,30,31). The molecule has 0 atom stereocenters. The van der Waals surface area contributed by atoms with Crippen LogP contribution in [0.3, 0.4) is 0 Å². The summed E-state index contributed by atoms with van der Waals surface area (Å²) in [5.41, 5.74) is 3.24. The number of rotatable bonds is 8. The van der Waals surface area contributed by atoms with Crippen LogP contribution < -0.4 is 25.0 Å². The van der Waals surface area contributed by atoms with Crippen molar-refractivity contribution in [3.63, 3.8) is 0 Å². The van der Waals surface area contributed by atoms with Crippen molar-refractivity contribution in [2.75, 3.05) is 56.1 Å². The number of carbonyl (C=O) groups excluding carboxylic acids is 1. The molecule has 0 unspecified atom stereocenters. The Hall–Kier alpha value is -4.64. The van der Waals surface area contributed by atoms with E-state index in [9.17, 15) is 4.79 Å². The minimum atomic E-state index is -0.277. The van der Waals surface area contributed by atoms with Gasteiger partial charge in [-0.3, -0.25) is 9.48 Å². The maximum absolute atomic E-state index is 13.1. The van der Waals surface area contributed by atoms with E-state index in [1.807, 2.05) is 55.5 Å².